The summed E-state index contributed by atoms with van der Waals surface area (Å²) < 4.78 is 1.15. The first-order chi connectivity index (χ1) is 9.72. The molecule has 1 aromatic heterocycles. The summed E-state index contributed by atoms with van der Waals surface area (Å²) >= 11 is 5.55. The molecule has 2 aromatic rings. The second-order valence-electron chi connectivity index (χ2n) is 5.24. The molecule has 1 aliphatic heterocycles. The highest BCUT2D eigenvalue weighted by atomic mass is 79.9. The van der Waals surface area contributed by atoms with Crippen LogP contribution in [0.15, 0.2) is 40.2 Å². The first-order valence-electron chi connectivity index (χ1n) is 6.99. The van der Waals surface area contributed by atoms with Gasteiger partial charge in [0.15, 0.2) is 0 Å². The van der Waals surface area contributed by atoms with Gasteiger partial charge in [0.05, 0.1) is 0 Å². The first kappa shape index (κ1) is 14.3. The van der Waals surface area contributed by atoms with Crippen LogP contribution in [0.4, 0.5) is 0 Å². The summed E-state index contributed by atoms with van der Waals surface area (Å²) in [5.41, 5.74) is 8.87. The Morgan fingerprint density at radius 3 is 2.95 bits per heavy atom. The normalized spacial score (nSPS) is 20.6. The third kappa shape index (κ3) is 2.46. The van der Waals surface area contributed by atoms with Gasteiger partial charge < -0.3 is 5.73 Å². The van der Waals surface area contributed by atoms with Crippen LogP contribution in [0.1, 0.15) is 35.0 Å². The Labute approximate surface area is 132 Å². The number of nitrogens with two attached hydrogens (primary N) is 1. The molecule has 1 aliphatic rings. The van der Waals surface area contributed by atoms with E-state index in [9.17, 15) is 0 Å². The number of fused-ring (bicyclic) bond motifs is 1. The Kier molecular flexibility index (Phi) is 4.26. The average Bonchev–Trinajstić information content (AvgIpc) is 2.93. The molecule has 0 radical (unpaired) electrons. The number of nitrogens with zero attached hydrogens (tertiary/aromatic N) is 1. The van der Waals surface area contributed by atoms with Crippen LogP contribution in [-0.2, 0) is 6.42 Å². The van der Waals surface area contributed by atoms with E-state index in [1.165, 1.54) is 16.0 Å². The Morgan fingerprint density at radius 2 is 2.20 bits per heavy atom. The quantitative estimate of drug-likeness (QED) is 0.901. The minimum atomic E-state index is 0.272. The van der Waals surface area contributed by atoms with E-state index in [-0.39, 0.29) is 6.04 Å². The van der Waals surface area contributed by atoms with Crippen LogP contribution in [0.2, 0.25) is 0 Å². The Hall–Kier alpha value is -0.680. The predicted molar refractivity (Wildman–Crippen MR) is 89.1 cm³/mol. The number of hydrogen-bond donors (Lipinski definition) is 1. The zero-order valence-electron chi connectivity index (χ0n) is 11.6. The molecule has 0 saturated carbocycles. The highest BCUT2D eigenvalue weighted by Crippen LogP contribution is 2.39. The summed E-state index contributed by atoms with van der Waals surface area (Å²) in [6.07, 6.45) is 1.14. The maximum atomic E-state index is 6.10. The van der Waals surface area contributed by atoms with Crippen molar-refractivity contribution in [3.63, 3.8) is 0 Å². The van der Waals surface area contributed by atoms with E-state index in [4.69, 9.17) is 5.73 Å². The second-order valence-corrected chi connectivity index (χ2v) is 7.09. The van der Waals surface area contributed by atoms with E-state index in [1.54, 1.807) is 0 Å². The average molecular weight is 351 g/mol. The smallest absolute Gasteiger partial charge is 0.0487 e. The topological polar surface area (TPSA) is 29.3 Å². The molecule has 0 bridgehead atoms. The fourth-order valence-corrected chi connectivity index (χ4v) is 4.65. The van der Waals surface area contributed by atoms with Crippen molar-refractivity contribution in [2.45, 2.75) is 25.4 Å². The summed E-state index contributed by atoms with van der Waals surface area (Å²) in [5.74, 6) is 0. The first-order valence-corrected chi connectivity index (χ1v) is 8.66. The molecule has 2 atom stereocenters. The molecule has 1 aromatic carbocycles. The summed E-state index contributed by atoms with van der Waals surface area (Å²) in [7, 11) is 0. The van der Waals surface area contributed by atoms with E-state index in [0.29, 0.717) is 12.6 Å². The van der Waals surface area contributed by atoms with Gasteiger partial charge in [0.2, 0.25) is 0 Å². The van der Waals surface area contributed by atoms with Crippen LogP contribution in [0.25, 0.3) is 0 Å². The van der Waals surface area contributed by atoms with E-state index in [1.807, 2.05) is 11.3 Å². The van der Waals surface area contributed by atoms with Crippen molar-refractivity contribution >= 4 is 27.3 Å². The molecule has 3 rings (SSSR count). The van der Waals surface area contributed by atoms with Gasteiger partial charge in [-0.15, -0.1) is 11.3 Å². The third-order valence-electron chi connectivity index (χ3n) is 4.21. The molecule has 2 unspecified atom stereocenters. The van der Waals surface area contributed by atoms with E-state index < -0.39 is 0 Å². The van der Waals surface area contributed by atoms with Crippen molar-refractivity contribution in [3.05, 3.63) is 56.2 Å². The molecule has 2 N–H and O–H groups in total. The largest absolute Gasteiger partial charge is 0.329 e. The van der Waals surface area contributed by atoms with E-state index >= 15 is 0 Å². The van der Waals surface area contributed by atoms with Gasteiger partial charge in [-0.25, -0.2) is 0 Å². The van der Waals surface area contributed by atoms with Crippen LogP contribution in [0, 0.1) is 0 Å². The molecule has 0 aliphatic carbocycles. The molecule has 4 heteroatoms. The Morgan fingerprint density at radius 1 is 1.40 bits per heavy atom. The monoisotopic (exact) mass is 350 g/mol. The van der Waals surface area contributed by atoms with Crippen molar-refractivity contribution in [2.24, 2.45) is 5.73 Å². The molecular weight excluding hydrogens is 332 g/mol. The Bertz CT molecular complexity index is 596. The van der Waals surface area contributed by atoms with Gasteiger partial charge >= 0.3 is 0 Å². The van der Waals surface area contributed by atoms with Crippen molar-refractivity contribution in [2.75, 3.05) is 13.1 Å². The molecule has 0 fully saturated rings. The number of rotatable bonds is 3. The summed E-state index contributed by atoms with van der Waals surface area (Å²) in [6, 6.07) is 11.4. The molecule has 106 valence electrons. The van der Waals surface area contributed by atoms with Crippen molar-refractivity contribution in [3.8, 4) is 0 Å². The maximum absolute atomic E-state index is 6.10. The zero-order valence-corrected chi connectivity index (χ0v) is 14.0. The van der Waals surface area contributed by atoms with Gasteiger partial charge in [-0.3, -0.25) is 4.90 Å². The van der Waals surface area contributed by atoms with Gasteiger partial charge in [-0.1, -0.05) is 34.1 Å². The number of benzene rings is 1. The number of thiophene rings is 1. The van der Waals surface area contributed by atoms with Gasteiger partial charge in [-0.05, 0) is 42.0 Å². The summed E-state index contributed by atoms with van der Waals surface area (Å²) in [5, 5.41) is 2.21. The summed E-state index contributed by atoms with van der Waals surface area (Å²) in [6.45, 7) is 4.02. The Balaban J connectivity index is 1.93. The lowest BCUT2D eigenvalue weighted by molar-refractivity contribution is 0.138. The predicted octanol–water partition coefficient (Wildman–Crippen LogP) is 4.13. The van der Waals surface area contributed by atoms with Crippen LogP contribution in [0.5, 0.6) is 0 Å². The molecule has 2 heterocycles. The highest BCUT2D eigenvalue weighted by Gasteiger charge is 2.30. The molecule has 20 heavy (non-hydrogen) atoms. The minimum absolute atomic E-state index is 0.272. The highest BCUT2D eigenvalue weighted by molar-refractivity contribution is 9.10. The second kappa shape index (κ2) is 5.98. The van der Waals surface area contributed by atoms with Crippen molar-refractivity contribution < 1.29 is 0 Å². The van der Waals surface area contributed by atoms with Gasteiger partial charge in [0, 0.05) is 34.5 Å². The zero-order chi connectivity index (χ0) is 14.1. The SMILES string of the molecule is CC1c2ccsc2CCN1C(CN)c1ccccc1Br. The lowest BCUT2D eigenvalue weighted by Gasteiger charge is -2.39. The van der Waals surface area contributed by atoms with E-state index in [0.717, 1.165) is 17.4 Å². The molecule has 0 saturated heterocycles. The van der Waals surface area contributed by atoms with Gasteiger partial charge in [-0.2, -0.15) is 0 Å². The van der Waals surface area contributed by atoms with Crippen molar-refractivity contribution in [1.82, 2.24) is 4.90 Å². The molecular formula is C16H19BrN2S. The standard InChI is InChI=1S/C16H19BrN2S/c1-11-12-7-9-20-16(12)6-8-19(11)15(10-18)13-4-2-3-5-14(13)17/h2-5,7,9,11,15H,6,8,10,18H2,1H3. The van der Waals surface area contributed by atoms with E-state index in [2.05, 4.69) is 63.5 Å². The van der Waals surface area contributed by atoms with Crippen LogP contribution in [0.3, 0.4) is 0 Å². The maximum Gasteiger partial charge on any atom is 0.0487 e. The number of hydrogen-bond acceptors (Lipinski definition) is 3. The molecule has 0 amide bonds. The summed E-state index contributed by atoms with van der Waals surface area (Å²) in [4.78, 5) is 4.08. The lowest BCUT2D eigenvalue weighted by Crippen LogP contribution is -2.39. The fraction of sp³-hybridized carbons (Fsp3) is 0.375. The molecule has 2 nitrogen and oxygen atoms in total. The van der Waals surface area contributed by atoms with Crippen LogP contribution >= 0.6 is 27.3 Å². The van der Waals surface area contributed by atoms with Gasteiger partial charge in [0.1, 0.15) is 0 Å². The van der Waals surface area contributed by atoms with Crippen LogP contribution in [-0.4, -0.2) is 18.0 Å². The molecule has 0 spiro atoms. The fourth-order valence-electron chi connectivity index (χ4n) is 3.14. The number of halogens is 1. The third-order valence-corrected chi connectivity index (χ3v) is 5.93. The lowest BCUT2D eigenvalue weighted by atomic mass is 9.96. The minimum Gasteiger partial charge on any atom is -0.329 e. The van der Waals surface area contributed by atoms with Crippen molar-refractivity contribution in [1.29, 1.82) is 0 Å². The van der Waals surface area contributed by atoms with Gasteiger partial charge in [0.25, 0.3) is 0 Å². The van der Waals surface area contributed by atoms with Crippen LogP contribution < -0.4 is 5.73 Å².